The first-order valence-electron chi connectivity index (χ1n) is 6.58. The van der Waals surface area contributed by atoms with Crippen LogP contribution in [-0.2, 0) is 12.7 Å². The van der Waals surface area contributed by atoms with E-state index in [0.717, 1.165) is 31.0 Å². The largest absolute Gasteiger partial charge is 0.416 e. The molecular weight excluding hydrogens is 283 g/mol. The van der Waals surface area contributed by atoms with Crippen molar-refractivity contribution in [1.29, 1.82) is 0 Å². The molecule has 0 N–H and O–H groups in total. The summed E-state index contributed by atoms with van der Waals surface area (Å²) in [7, 11) is 0. The van der Waals surface area contributed by atoms with Crippen LogP contribution in [0, 0.1) is 0 Å². The molecule has 1 aromatic carbocycles. The summed E-state index contributed by atoms with van der Waals surface area (Å²) in [5, 5.41) is 0.128. The number of hydrogen-bond donors (Lipinski definition) is 0. The van der Waals surface area contributed by atoms with Crippen LogP contribution in [0.3, 0.4) is 0 Å². The van der Waals surface area contributed by atoms with E-state index in [-0.39, 0.29) is 16.5 Å². The molecule has 0 aliphatic rings. The zero-order valence-corrected chi connectivity index (χ0v) is 11.4. The molecule has 2 rings (SSSR count). The third-order valence-corrected chi connectivity index (χ3v) is 3.32. The minimum atomic E-state index is -4.47. The molecule has 0 radical (unpaired) electrons. The summed E-state index contributed by atoms with van der Waals surface area (Å²) in [4.78, 5) is 23.0. The number of pyridine rings is 1. The molecule has 0 saturated heterocycles. The Morgan fingerprint density at radius 2 is 2.00 bits per heavy atom. The number of fused-ring (bicyclic) bond motifs is 1. The molecule has 0 aliphatic heterocycles. The number of halogens is 3. The summed E-state index contributed by atoms with van der Waals surface area (Å²) in [6.45, 7) is 2.40. The summed E-state index contributed by atoms with van der Waals surface area (Å²) in [6.07, 6.45) is -1.12. The normalized spacial score (nSPS) is 11.8. The van der Waals surface area contributed by atoms with Crippen molar-refractivity contribution in [2.24, 2.45) is 0 Å². The average molecular weight is 297 g/mol. The van der Waals surface area contributed by atoms with Crippen LogP contribution in [0.5, 0.6) is 0 Å². The molecule has 1 heterocycles. The number of aryl methyl sites for hydroxylation is 1. The lowest BCUT2D eigenvalue weighted by Gasteiger charge is -2.14. The van der Waals surface area contributed by atoms with Gasteiger partial charge in [-0.2, -0.15) is 13.2 Å². The fourth-order valence-electron chi connectivity index (χ4n) is 2.19. The second kappa shape index (κ2) is 5.71. The number of rotatable bonds is 4. The summed E-state index contributed by atoms with van der Waals surface area (Å²) < 4.78 is 39.9. The number of unbranched alkanes of at least 4 members (excludes halogenated alkanes) is 1. The lowest BCUT2D eigenvalue weighted by atomic mass is 10.1. The Morgan fingerprint density at radius 1 is 1.29 bits per heavy atom. The fourth-order valence-corrected chi connectivity index (χ4v) is 2.19. The molecule has 1 aromatic heterocycles. The third kappa shape index (κ3) is 2.99. The molecule has 0 unspecified atom stereocenters. The lowest BCUT2D eigenvalue weighted by Crippen LogP contribution is -2.16. The third-order valence-electron chi connectivity index (χ3n) is 3.32. The molecule has 0 amide bonds. The smallest absolute Gasteiger partial charge is 0.347 e. The van der Waals surface area contributed by atoms with Gasteiger partial charge < -0.3 is 4.57 Å². The number of aldehydes is 1. The number of carbonyl (C=O) groups is 1. The van der Waals surface area contributed by atoms with Crippen LogP contribution in [0.2, 0.25) is 0 Å². The van der Waals surface area contributed by atoms with Gasteiger partial charge in [-0.3, -0.25) is 9.59 Å². The van der Waals surface area contributed by atoms with Crippen LogP contribution in [-0.4, -0.2) is 10.9 Å². The second-order valence-electron chi connectivity index (χ2n) is 4.81. The fraction of sp³-hybridized carbons (Fsp3) is 0.333. The van der Waals surface area contributed by atoms with E-state index in [1.165, 1.54) is 6.20 Å². The number of nitrogens with zero attached hydrogens (tertiary/aromatic N) is 1. The monoisotopic (exact) mass is 297 g/mol. The molecule has 0 saturated carbocycles. The summed E-state index contributed by atoms with van der Waals surface area (Å²) in [5.74, 6) is 0. The molecule has 112 valence electrons. The van der Waals surface area contributed by atoms with Crippen molar-refractivity contribution in [3.05, 3.63) is 45.7 Å². The number of benzene rings is 1. The van der Waals surface area contributed by atoms with E-state index in [1.807, 2.05) is 6.92 Å². The first kappa shape index (κ1) is 15.3. The Balaban J connectivity index is 2.75. The van der Waals surface area contributed by atoms with Gasteiger partial charge in [0.15, 0.2) is 11.7 Å². The Hall–Kier alpha value is -2.11. The number of hydrogen-bond acceptors (Lipinski definition) is 2. The van der Waals surface area contributed by atoms with Gasteiger partial charge in [-0.1, -0.05) is 13.3 Å². The van der Waals surface area contributed by atoms with Gasteiger partial charge in [0.25, 0.3) is 0 Å². The van der Waals surface area contributed by atoms with Gasteiger partial charge in [-0.25, -0.2) is 0 Å². The zero-order valence-electron chi connectivity index (χ0n) is 11.4. The Kier molecular flexibility index (Phi) is 4.16. The molecule has 3 nitrogen and oxygen atoms in total. The van der Waals surface area contributed by atoms with Crippen LogP contribution in [0.25, 0.3) is 10.9 Å². The highest BCUT2D eigenvalue weighted by Gasteiger charge is 2.30. The van der Waals surface area contributed by atoms with Gasteiger partial charge in [0.2, 0.25) is 0 Å². The standard InChI is InChI=1S/C15H14F3NO2/c1-2-3-6-19-8-10(9-20)14(21)12-5-4-11(7-13(12)19)15(16,17)18/h4-5,7-9H,2-3,6H2,1H3. The quantitative estimate of drug-likeness (QED) is 0.808. The van der Waals surface area contributed by atoms with E-state index in [4.69, 9.17) is 0 Å². The van der Waals surface area contributed by atoms with Gasteiger partial charge in [0.05, 0.1) is 16.6 Å². The van der Waals surface area contributed by atoms with Crippen molar-refractivity contribution in [2.75, 3.05) is 0 Å². The van der Waals surface area contributed by atoms with E-state index in [0.29, 0.717) is 12.8 Å². The van der Waals surface area contributed by atoms with Gasteiger partial charge >= 0.3 is 6.18 Å². The van der Waals surface area contributed by atoms with Crippen molar-refractivity contribution in [3.8, 4) is 0 Å². The maximum atomic E-state index is 12.8. The van der Waals surface area contributed by atoms with Gasteiger partial charge in [0.1, 0.15) is 0 Å². The minimum absolute atomic E-state index is 0.0432. The van der Waals surface area contributed by atoms with E-state index in [2.05, 4.69) is 0 Å². The predicted molar refractivity (Wildman–Crippen MR) is 73.5 cm³/mol. The van der Waals surface area contributed by atoms with Crippen LogP contribution in [0.15, 0.2) is 29.2 Å². The minimum Gasteiger partial charge on any atom is -0.347 e. The molecule has 21 heavy (non-hydrogen) atoms. The highest BCUT2D eigenvalue weighted by molar-refractivity contribution is 5.86. The van der Waals surface area contributed by atoms with Gasteiger partial charge in [0, 0.05) is 18.1 Å². The van der Waals surface area contributed by atoms with Crippen LogP contribution in [0.1, 0.15) is 35.7 Å². The zero-order chi connectivity index (χ0) is 15.6. The lowest BCUT2D eigenvalue weighted by molar-refractivity contribution is -0.137. The van der Waals surface area contributed by atoms with E-state index in [9.17, 15) is 22.8 Å². The molecule has 0 fully saturated rings. The van der Waals surface area contributed by atoms with Crippen molar-refractivity contribution in [3.63, 3.8) is 0 Å². The van der Waals surface area contributed by atoms with Gasteiger partial charge in [-0.15, -0.1) is 0 Å². The maximum absolute atomic E-state index is 12.8. The molecule has 0 spiro atoms. The van der Waals surface area contributed by atoms with E-state index in [1.54, 1.807) is 4.57 Å². The Labute approximate surface area is 119 Å². The second-order valence-corrected chi connectivity index (χ2v) is 4.81. The van der Waals surface area contributed by atoms with Gasteiger partial charge in [-0.05, 0) is 24.6 Å². The maximum Gasteiger partial charge on any atom is 0.416 e. The van der Waals surface area contributed by atoms with Crippen molar-refractivity contribution in [1.82, 2.24) is 4.57 Å². The SMILES string of the molecule is CCCCn1cc(C=O)c(=O)c2ccc(C(F)(F)F)cc21. The molecule has 0 bridgehead atoms. The van der Waals surface area contributed by atoms with E-state index >= 15 is 0 Å². The molecular formula is C15H14F3NO2. The summed E-state index contributed by atoms with van der Waals surface area (Å²) in [6, 6.07) is 2.96. The molecule has 2 aromatic rings. The Bertz CT molecular complexity index is 732. The topological polar surface area (TPSA) is 39.1 Å². The summed E-state index contributed by atoms with van der Waals surface area (Å²) >= 11 is 0. The number of carbonyl (C=O) groups excluding carboxylic acids is 1. The molecule has 6 heteroatoms. The highest BCUT2D eigenvalue weighted by atomic mass is 19.4. The molecule has 0 atom stereocenters. The summed E-state index contributed by atoms with van der Waals surface area (Å²) in [5.41, 5.74) is -1.19. The predicted octanol–water partition coefficient (Wildman–Crippen LogP) is 3.63. The average Bonchev–Trinajstić information content (AvgIpc) is 2.45. The number of alkyl halides is 3. The van der Waals surface area contributed by atoms with Crippen molar-refractivity contribution in [2.45, 2.75) is 32.5 Å². The Morgan fingerprint density at radius 3 is 2.57 bits per heavy atom. The highest BCUT2D eigenvalue weighted by Crippen LogP contribution is 2.31. The van der Waals surface area contributed by atoms with Crippen LogP contribution >= 0.6 is 0 Å². The van der Waals surface area contributed by atoms with Crippen molar-refractivity contribution < 1.29 is 18.0 Å². The first-order valence-corrected chi connectivity index (χ1v) is 6.58. The van der Waals surface area contributed by atoms with Crippen LogP contribution < -0.4 is 5.43 Å². The molecule has 0 aliphatic carbocycles. The van der Waals surface area contributed by atoms with Crippen molar-refractivity contribution >= 4 is 17.2 Å². The first-order chi connectivity index (χ1) is 9.88. The van der Waals surface area contributed by atoms with Crippen LogP contribution in [0.4, 0.5) is 13.2 Å². The van der Waals surface area contributed by atoms with E-state index < -0.39 is 17.2 Å². The number of aromatic nitrogens is 1.